The third kappa shape index (κ3) is 3.25. The van der Waals surface area contributed by atoms with E-state index in [4.69, 9.17) is 15.7 Å². The van der Waals surface area contributed by atoms with Crippen LogP contribution in [0.2, 0.25) is 0 Å². The van der Waals surface area contributed by atoms with Gasteiger partial charge in [-0.2, -0.15) is 5.26 Å². The van der Waals surface area contributed by atoms with E-state index >= 15 is 0 Å². The number of hydrogen-bond acceptors (Lipinski definition) is 4. The van der Waals surface area contributed by atoms with Gasteiger partial charge in [-0.3, -0.25) is 4.90 Å². The third-order valence-corrected chi connectivity index (χ3v) is 3.80. The van der Waals surface area contributed by atoms with Gasteiger partial charge in [0.2, 0.25) is 0 Å². The first-order valence-corrected chi connectivity index (χ1v) is 6.79. The van der Waals surface area contributed by atoms with Crippen molar-refractivity contribution in [3.8, 4) is 11.8 Å². The minimum absolute atomic E-state index is 0.448. The summed E-state index contributed by atoms with van der Waals surface area (Å²) in [6.45, 7) is 2.57. The van der Waals surface area contributed by atoms with Crippen LogP contribution in [0.25, 0.3) is 0 Å². The monoisotopic (exact) mass is 259 g/mol. The van der Waals surface area contributed by atoms with Gasteiger partial charge in [0.25, 0.3) is 0 Å². The van der Waals surface area contributed by atoms with Crippen molar-refractivity contribution < 1.29 is 4.74 Å². The van der Waals surface area contributed by atoms with E-state index in [0.29, 0.717) is 18.2 Å². The smallest absolute Gasteiger partial charge is 0.123 e. The normalized spacial score (nSPS) is 19.9. The second-order valence-electron chi connectivity index (χ2n) is 4.99. The Kier molecular flexibility index (Phi) is 4.78. The molecule has 1 aliphatic heterocycles. The number of likely N-dealkylation sites (tertiary alicyclic amines) is 1. The molecule has 0 saturated carbocycles. The Labute approximate surface area is 114 Å². The van der Waals surface area contributed by atoms with Gasteiger partial charge < -0.3 is 10.5 Å². The predicted octanol–water partition coefficient (Wildman–Crippen LogP) is 1.88. The topological polar surface area (TPSA) is 62.3 Å². The van der Waals surface area contributed by atoms with Crippen LogP contribution in [0.3, 0.4) is 0 Å². The third-order valence-electron chi connectivity index (χ3n) is 3.80. The first kappa shape index (κ1) is 13.9. The quantitative estimate of drug-likeness (QED) is 0.896. The van der Waals surface area contributed by atoms with E-state index in [-0.39, 0.29) is 0 Å². The minimum atomic E-state index is 0.448. The molecule has 4 heteroatoms. The van der Waals surface area contributed by atoms with Crippen LogP contribution in [0.15, 0.2) is 18.2 Å². The lowest BCUT2D eigenvalue weighted by Crippen LogP contribution is -2.43. The van der Waals surface area contributed by atoms with E-state index in [2.05, 4.69) is 11.0 Å². The minimum Gasteiger partial charge on any atom is -0.496 e. The summed E-state index contributed by atoms with van der Waals surface area (Å²) in [6, 6.07) is 8.21. The molecule has 1 aliphatic rings. The van der Waals surface area contributed by atoms with Crippen LogP contribution in [0.1, 0.15) is 30.4 Å². The molecule has 2 N–H and O–H groups in total. The summed E-state index contributed by atoms with van der Waals surface area (Å²) < 4.78 is 5.39. The highest BCUT2D eigenvalue weighted by molar-refractivity contribution is 5.42. The van der Waals surface area contributed by atoms with Crippen LogP contribution in [0, 0.1) is 11.3 Å². The summed E-state index contributed by atoms with van der Waals surface area (Å²) in [5, 5.41) is 9.01. The van der Waals surface area contributed by atoms with Crippen LogP contribution in [-0.2, 0) is 6.54 Å². The summed E-state index contributed by atoms with van der Waals surface area (Å²) in [5.41, 5.74) is 7.60. The summed E-state index contributed by atoms with van der Waals surface area (Å²) in [4.78, 5) is 2.41. The number of benzene rings is 1. The highest BCUT2D eigenvalue weighted by Gasteiger charge is 2.22. The van der Waals surface area contributed by atoms with E-state index in [0.717, 1.165) is 30.8 Å². The Morgan fingerprint density at radius 2 is 2.32 bits per heavy atom. The van der Waals surface area contributed by atoms with Gasteiger partial charge in [-0.15, -0.1) is 0 Å². The van der Waals surface area contributed by atoms with Gasteiger partial charge >= 0.3 is 0 Å². The summed E-state index contributed by atoms with van der Waals surface area (Å²) in [6.07, 6.45) is 3.64. The van der Waals surface area contributed by atoms with E-state index in [1.54, 1.807) is 13.2 Å². The molecular formula is C15H21N3O. The fourth-order valence-corrected chi connectivity index (χ4v) is 2.73. The van der Waals surface area contributed by atoms with E-state index < -0.39 is 0 Å². The maximum Gasteiger partial charge on any atom is 0.123 e. The van der Waals surface area contributed by atoms with E-state index in [1.807, 2.05) is 12.1 Å². The predicted molar refractivity (Wildman–Crippen MR) is 74.8 cm³/mol. The number of nitrogens with zero attached hydrogens (tertiary/aromatic N) is 2. The van der Waals surface area contributed by atoms with Gasteiger partial charge in [-0.25, -0.2) is 0 Å². The molecule has 1 saturated heterocycles. The molecule has 2 rings (SSSR count). The lowest BCUT2D eigenvalue weighted by atomic mass is 10.0. The van der Waals surface area contributed by atoms with Crippen molar-refractivity contribution in [2.45, 2.75) is 31.8 Å². The number of piperidine rings is 1. The van der Waals surface area contributed by atoms with Crippen molar-refractivity contribution in [3.05, 3.63) is 29.3 Å². The van der Waals surface area contributed by atoms with Crippen LogP contribution < -0.4 is 10.5 Å². The number of ether oxygens (including phenoxy) is 1. The van der Waals surface area contributed by atoms with Crippen LogP contribution in [0.4, 0.5) is 0 Å². The van der Waals surface area contributed by atoms with E-state index in [1.165, 1.54) is 12.8 Å². The number of nitriles is 1. The molecule has 0 bridgehead atoms. The summed E-state index contributed by atoms with van der Waals surface area (Å²) in [5.74, 6) is 0.848. The molecule has 1 aromatic rings. The molecule has 4 nitrogen and oxygen atoms in total. The van der Waals surface area contributed by atoms with Crippen molar-refractivity contribution in [3.63, 3.8) is 0 Å². The van der Waals surface area contributed by atoms with Gasteiger partial charge in [0.15, 0.2) is 0 Å². The second-order valence-corrected chi connectivity index (χ2v) is 4.99. The first-order valence-electron chi connectivity index (χ1n) is 6.79. The zero-order chi connectivity index (χ0) is 13.7. The molecule has 19 heavy (non-hydrogen) atoms. The molecule has 1 aromatic carbocycles. The van der Waals surface area contributed by atoms with Crippen LogP contribution >= 0.6 is 0 Å². The molecular weight excluding hydrogens is 238 g/mol. The molecule has 1 atom stereocenters. The van der Waals surface area contributed by atoms with Crippen LogP contribution in [0.5, 0.6) is 5.75 Å². The lowest BCUT2D eigenvalue weighted by molar-refractivity contribution is 0.143. The molecule has 0 aromatic heterocycles. The molecule has 0 amide bonds. The Morgan fingerprint density at radius 3 is 3.00 bits per heavy atom. The van der Waals surface area contributed by atoms with Gasteiger partial charge in [0, 0.05) is 24.7 Å². The zero-order valence-electron chi connectivity index (χ0n) is 11.4. The highest BCUT2D eigenvalue weighted by atomic mass is 16.5. The van der Waals surface area contributed by atoms with E-state index in [9.17, 15) is 0 Å². The Morgan fingerprint density at radius 1 is 1.47 bits per heavy atom. The number of rotatable bonds is 4. The standard InChI is InChI=1S/C15H21N3O/c1-19-15-6-5-12(9-16)8-13(15)11-18-7-3-2-4-14(18)10-17/h5-6,8,14H,2-4,7,10-11,17H2,1H3. The molecule has 0 radical (unpaired) electrons. The van der Waals surface area contributed by atoms with Gasteiger partial charge in [0.05, 0.1) is 18.7 Å². The maximum atomic E-state index is 9.01. The first-order chi connectivity index (χ1) is 9.28. The number of nitrogens with two attached hydrogens (primary N) is 1. The van der Waals surface area contributed by atoms with Crippen molar-refractivity contribution >= 4 is 0 Å². The molecule has 1 fully saturated rings. The van der Waals surface area contributed by atoms with Gasteiger partial charge in [-0.05, 0) is 37.6 Å². The fourth-order valence-electron chi connectivity index (χ4n) is 2.73. The highest BCUT2D eigenvalue weighted by Crippen LogP contribution is 2.25. The maximum absolute atomic E-state index is 9.01. The SMILES string of the molecule is COc1ccc(C#N)cc1CN1CCCCC1CN. The zero-order valence-corrected chi connectivity index (χ0v) is 11.4. The average Bonchev–Trinajstić information content (AvgIpc) is 2.47. The van der Waals surface area contributed by atoms with Gasteiger partial charge in [0.1, 0.15) is 5.75 Å². The second kappa shape index (κ2) is 6.55. The molecule has 0 aliphatic carbocycles. The van der Waals surface area contributed by atoms with Crippen LogP contribution in [-0.4, -0.2) is 31.1 Å². The van der Waals surface area contributed by atoms with Crippen molar-refractivity contribution in [1.82, 2.24) is 4.90 Å². The van der Waals surface area contributed by atoms with Crippen molar-refractivity contribution in [1.29, 1.82) is 5.26 Å². The number of hydrogen-bond donors (Lipinski definition) is 1. The largest absolute Gasteiger partial charge is 0.496 e. The summed E-state index contributed by atoms with van der Waals surface area (Å²) >= 11 is 0. The molecule has 1 unspecified atom stereocenters. The Hall–Kier alpha value is -1.57. The Bertz CT molecular complexity index is 467. The van der Waals surface area contributed by atoms with Gasteiger partial charge in [-0.1, -0.05) is 6.42 Å². The van der Waals surface area contributed by atoms with Crippen molar-refractivity contribution in [2.24, 2.45) is 5.73 Å². The summed E-state index contributed by atoms with van der Waals surface area (Å²) in [7, 11) is 1.67. The lowest BCUT2D eigenvalue weighted by Gasteiger charge is -2.35. The Balaban J connectivity index is 2.19. The molecule has 102 valence electrons. The number of methoxy groups -OCH3 is 1. The fraction of sp³-hybridized carbons (Fsp3) is 0.533. The molecule has 1 heterocycles. The van der Waals surface area contributed by atoms with Crippen molar-refractivity contribution in [2.75, 3.05) is 20.2 Å². The molecule has 0 spiro atoms. The average molecular weight is 259 g/mol.